The lowest BCUT2D eigenvalue weighted by Gasteiger charge is -2.29. The average molecular weight is 277 g/mol. The van der Waals surface area contributed by atoms with E-state index in [2.05, 4.69) is 0 Å². The summed E-state index contributed by atoms with van der Waals surface area (Å²) in [6.45, 7) is 3.64. The number of aliphatic carboxylic acids is 2. The van der Waals surface area contributed by atoms with Gasteiger partial charge < -0.3 is 15.3 Å². The third kappa shape index (κ3) is 4.16. The van der Waals surface area contributed by atoms with Gasteiger partial charge in [0.05, 0.1) is 16.4 Å². The van der Waals surface area contributed by atoms with E-state index in [9.17, 15) is 9.59 Å². The van der Waals surface area contributed by atoms with E-state index in [1.807, 2.05) is 6.92 Å². The Balaban J connectivity index is 0.000000631. The molecule has 1 rings (SSSR count). The molecule has 0 bridgehead atoms. The summed E-state index contributed by atoms with van der Waals surface area (Å²) in [6.07, 6.45) is 4.96. The predicted octanol–water partition coefficient (Wildman–Crippen LogP) is 1.65. The summed E-state index contributed by atoms with van der Waals surface area (Å²) in [5.74, 6) is -3.34. The Kier molecular flexibility index (Phi) is 6.65. The summed E-state index contributed by atoms with van der Waals surface area (Å²) in [6, 6.07) is 0. The lowest BCUT2D eigenvalue weighted by Crippen LogP contribution is -2.39. The molecule has 0 aromatic heterocycles. The van der Waals surface area contributed by atoms with Crippen LogP contribution in [0.25, 0.3) is 0 Å². The molecule has 0 aromatic rings. The van der Waals surface area contributed by atoms with Crippen LogP contribution in [-0.2, 0) is 9.59 Å². The summed E-state index contributed by atoms with van der Waals surface area (Å²) >= 11 is 5.91. The van der Waals surface area contributed by atoms with Crippen molar-refractivity contribution >= 4 is 23.5 Å². The molecule has 0 fully saturated rings. The number of alkyl halides is 1. The van der Waals surface area contributed by atoms with Crippen molar-refractivity contribution < 1.29 is 24.9 Å². The van der Waals surface area contributed by atoms with Gasteiger partial charge in [0.25, 0.3) is 0 Å². The molecule has 18 heavy (non-hydrogen) atoms. The Hall–Kier alpha value is -1.33. The van der Waals surface area contributed by atoms with Crippen molar-refractivity contribution in [2.75, 3.05) is 6.61 Å². The van der Waals surface area contributed by atoms with Gasteiger partial charge in [0, 0.05) is 6.61 Å². The smallest absolute Gasteiger partial charge is 0.333 e. The van der Waals surface area contributed by atoms with Crippen LogP contribution >= 0.6 is 11.6 Å². The quantitative estimate of drug-likeness (QED) is 0.681. The molecule has 0 radical (unpaired) electrons. The van der Waals surface area contributed by atoms with Crippen LogP contribution in [0.5, 0.6) is 0 Å². The van der Waals surface area contributed by atoms with Crippen molar-refractivity contribution in [1.82, 2.24) is 0 Å². The first-order valence-corrected chi connectivity index (χ1v) is 5.81. The molecule has 6 heteroatoms. The lowest BCUT2D eigenvalue weighted by atomic mass is 9.82. The highest BCUT2D eigenvalue weighted by Gasteiger charge is 2.43. The zero-order chi connectivity index (χ0) is 14.3. The molecular weight excluding hydrogens is 260 g/mol. The van der Waals surface area contributed by atoms with Crippen LogP contribution in [-0.4, -0.2) is 38.7 Å². The second-order valence-corrected chi connectivity index (χ2v) is 4.67. The van der Waals surface area contributed by atoms with Crippen molar-refractivity contribution in [2.24, 2.45) is 5.92 Å². The number of carboxylic acid groups (broad SMARTS) is 2. The third-order valence-electron chi connectivity index (χ3n) is 2.40. The minimum atomic E-state index is -1.40. The molecule has 0 heterocycles. The SMILES string of the molecule is CC1(Cl)C(C(=O)O)=CC=CC1C(=O)O.CCCO. The molecule has 5 nitrogen and oxygen atoms in total. The fourth-order valence-corrected chi connectivity index (χ4v) is 1.68. The van der Waals surface area contributed by atoms with Gasteiger partial charge in [-0.25, -0.2) is 4.79 Å². The molecule has 2 atom stereocenters. The van der Waals surface area contributed by atoms with Crippen LogP contribution in [0.3, 0.4) is 0 Å². The number of hydrogen-bond donors (Lipinski definition) is 3. The van der Waals surface area contributed by atoms with Crippen LogP contribution in [0.15, 0.2) is 23.8 Å². The summed E-state index contributed by atoms with van der Waals surface area (Å²) in [7, 11) is 0. The largest absolute Gasteiger partial charge is 0.481 e. The molecule has 2 unspecified atom stereocenters. The molecular formula is C12H17ClO5. The molecule has 3 N–H and O–H groups in total. The number of rotatable bonds is 3. The third-order valence-corrected chi connectivity index (χ3v) is 2.84. The van der Waals surface area contributed by atoms with E-state index in [4.69, 9.17) is 26.9 Å². The van der Waals surface area contributed by atoms with E-state index in [1.165, 1.54) is 25.2 Å². The van der Waals surface area contributed by atoms with Gasteiger partial charge in [-0.3, -0.25) is 4.79 Å². The van der Waals surface area contributed by atoms with E-state index >= 15 is 0 Å². The molecule has 0 spiro atoms. The standard InChI is InChI=1S/C9H9ClO4.C3H8O/c1-9(10)5(7(11)12)3-2-4-6(9)8(13)14;1-2-3-4/h2-5H,1H3,(H,11,12)(H,13,14);4H,2-3H2,1H3. The maximum absolute atomic E-state index is 10.8. The van der Waals surface area contributed by atoms with Crippen LogP contribution < -0.4 is 0 Å². The van der Waals surface area contributed by atoms with Gasteiger partial charge in [0.15, 0.2) is 0 Å². The fourth-order valence-electron chi connectivity index (χ4n) is 1.37. The van der Waals surface area contributed by atoms with Crippen molar-refractivity contribution in [3.05, 3.63) is 23.8 Å². The van der Waals surface area contributed by atoms with Gasteiger partial charge >= 0.3 is 11.9 Å². The van der Waals surface area contributed by atoms with Crippen molar-refractivity contribution in [3.8, 4) is 0 Å². The maximum Gasteiger partial charge on any atom is 0.333 e. The van der Waals surface area contributed by atoms with E-state index in [1.54, 1.807) is 0 Å². The zero-order valence-corrected chi connectivity index (χ0v) is 11.0. The van der Waals surface area contributed by atoms with E-state index in [0.717, 1.165) is 6.42 Å². The summed E-state index contributed by atoms with van der Waals surface area (Å²) in [5.41, 5.74) is -0.103. The number of carbonyl (C=O) groups is 2. The monoisotopic (exact) mass is 276 g/mol. The highest BCUT2D eigenvalue weighted by atomic mass is 35.5. The number of hydrogen-bond acceptors (Lipinski definition) is 3. The van der Waals surface area contributed by atoms with Crippen molar-refractivity contribution in [2.45, 2.75) is 25.1 Å². The highest BCUT2D eigenvalue weighted by Crippen LogP contribution is 2.37. The summed E-state index contributed by atoms with van der Waals surface area (Å²) < 4.78 is 0. The Morgan fingerprint density at radius 1 is 1.44 bits per heavy atom. The first-order valence-electron chi connectivity index (χ1n) is 5.43. The molecule has 0 aliphatic heterocycles. The lowest BCUT2D eigenvalue weighted by molar-refractivity contribution is -0.141. The summed E-state index contributed by atoms with van der Waals surface area (Å²) in [4.78, 5) is 20.1. The number of allylic oxidation sites excluding steroid dienone is 2. The summed E-state index contributed by atoms with van der Waals surface area (Å²) in [5, 5.41) is 25.5. The minimum absolute atomic E-state index is 0.103. The molecule has 0 amide bonds. The van der Waals surface area contributed by atoms with Gasteiger partial charge in [-0.15, -0.1) is 11.6 Å². The number of halogens is 1. The Morgan fingerprint density at radius 2 is 1.94 bits per heavy atom. The molecule has 1 aliphatic carbocycles. The van der Waals surface area contributed by atoms with Gasteiger partial charge in [0.1, 0.15) is 0 Å². The molecule has 0 aromatic carbocycles. The normalized spacial score (nSPS) is 25.8. The van der Waals surface area contributed by atoms with E-state index < -0.39 is 22.7 Å². The van der Waals surface area contributed by atoms with Crippen LogP contribution in [0, 0.1) is 5.92 Å². The molecule has 0 saturated heterocycles. The van der Waals surface area contributed by atoms with E-state index in [0.29, 0.717) is 6.61 Å². The van der Waals surface area contributed by atoms with Crippen molar-refractivity contribution in [1.29, 1.82) is 0 Å². The average Bonchev–Trinajstić information content (AvgIpc) is 2.27. The van der Waals surface area contributed by atoms with Gasteiger partial charge in [-0.05, 0) is 13.3 Å². The fraction of sp³-hybridized carbons (Fsp3) is 0.500. The number of aliphatic hydroxyl groups excluding tert-OH is 1. The molecule has 102 valence electrons. The van der Waals surface area contributed by atoms with E-state index in [-0.39, 0.29) is 5.57 Å². The Bertz CT molecular complexity index is 369. The second-order valence-electron chi connectivity index (χ2n) is 3.89. The van der Waals surface area contributed by atoms with Crippen LogP contribution in [0.4, 0.5) is 0 Å². The first kappa shape index (κ1) is 16.7. The number of carboxylic acids is 2. The maximum atomic E-state index is 10.8. The van der Waals surface area contributed by atoms with Crippen LogP contribution in [0.2, 0.25) is 0 Å². The van der Waals surface area contributed by atoms with Gasteiger partial charge in [-0.1, -0.05) is 25.2 Å². The van der Waals surface area contributed by atoms with Crippen LogP contribution in [0.1, 0.15) is 20.3 Å². The first-order chi connectivity index (χ1) is 8.28. The minimum Gasteiger partial charge on any atom is -0.481 e. The topological polar surface area (TPSA) is 94.8 Å². The second kappa shape index (κ2) is 7.18. The van der Waals surface area contributed by atoms with Gasteiger partial charge in [-0.2, -0.15) is 0 Å². The van der Waals surface area contributed by atoms with Crippen molar-refractivity contribution in [3.63, 3.8) is 0 Å². The zero-order valence-electron chi connectivity index (χ0n) is 10.3. The number of aliphatic hydroxyl groups is 1. The Morgan fingerprint density at radius 3 is 2.28 bits per heavy atom. The van der Waals surface area contributed by atoms with Gasteiger partial charge in [0.2, 0.25) is 0 Å². The molecule has 0 saturated carbocycles. The molecule has 1 aliphatic rings. The Labute approximate surface area is 110 Å². The predicted molar refractivity (Wildman–Crippen MR) is 67.6 cm³/mol. The highest BCUT2D eigenvalue weighted by molar-refractivity contribution is 6.30.